The van der Waals surface area contributed by atoms with Gasteiger partial charge in [0.2, 0.25) is 5.91 Å². The Balaban J connectivity index is 1.25. The molecule has 0 fully saturated rings. The van der Waals surface area contributed by atoms with Gasteiger partial charge in [0.25, 0.3) is 0 Å². The van der Waals surface area contributed by atoms with Crippen molar-refractivity contribution in [2.75, 3.05) is 18.9 Å². The first-order valence-electron chi connectivity index (χ1n) is 9.50. The van der Waals surface area contributed by atoms with E-state index in [2.05, 4.69) is 10.3 Å². The van der Waals surface area contributed by atoms with Crippen molar-refractivity contribution >= 4 is 45.2 Å². The second kappa shape index (κ2) is 11.0. The van der Waals surface area contributed by atoms with Crippen LogP contribution in [-0.2, 0) is 26.5 Å². The van der Waals surface area contributed by atoms with Gasteiger partial charge in [0.05, 0.1) is 22.5 Å². The predicted molar refractivity (Wildman–Crippen MR) is 119 cm³/mol. The average molecular weight is 429 g/mol. The Hall–Kier alpha value is -2.38. The molecule has 1 heterocycles. The summed E-state index contributed by atoms with van der Waals surface area (Å²) in [6, 6.07) is 16.2. The summed E-state index contributed by atoms with van der Waals surface area (Å²) in [6.45, 7) is 2.56. The number of carbonyl (C=O) groups is 2. The van der Waals surface area contributed by atoms with Gasteiger partial charge < -0.3 is 10.1 Å². The summed E-state index contributed by atoms with van der Waals surface area (Å²) in [5.41, 5.74) is 3.34. The fourth-order valence-electron chi connectivity index (χ4n) is 2.70. The minimum Gasteiger partial charge on any atom is -0.463 e. The van der Waals surface area contributed by atoms with Crippen LogP contribution in [0.3, 0.4) is 0 Å². The van der Waals surface area contributed by atoms with E-state index in [-0.39, 0.29) is 24.2 Å². The highest BCUT2D eigenvalue weighted by molar-refractivity contribution is 7.99. The van der Waals surface area contributed by atoms with Gasteiger partial charge in [0.1, 0.15) is 11.6 Å². The van der Waals surface area contributed by atoms with Crippen LogP contribution in [0, 0.1) is 6.92 Å². The molecule has 2 aromatic carbocycles. The third kappa shape index (κ3) is 7.18. The number of hydrogen-bond donors (Lipinski definition) is 1. The molecule has 152 valence electrons. The average Bonchev–Trinajstić information content (AvgIpc) is 3.13. The maximum Gasteiger partial charge on any atom is 0.315 e. The Labute approximate surface area is 178 Å². The van der Waals surface area contributed by atoms with Crippen molar-refractivity contribution in [3.63, 3.8) is 0 Å². The summed E-state index contributed by atoms with van der Waals surface area (Å²) in [5, 5.41) is 3.79. The van der Waals surface area contributed by atoms with E-state index in [0.29, 0.717) is 25.1 Å². The van der Waals surface area contributed by atoms with Crippen molar-refractivity contribution in [1.29, 1.82) is 0 Å². The molecule has 7 heteroatoms. The number of fused-ring (bicyclic) bond motifs is 1. The quantitative estimate of drug-likeness (QED) is 0.388. The number of thiazole rings is 1. The summed E-state index contributed by atoms with van der Waals surface area (Å²) in [4.78, 5) is 28.2. The monoisotopic (exact) mass is 428 g/mol. The van der Waals surface area contributed by atoms with Gasteiger partial charge in [-0.3, -0.25) is 9.59 Å². The number of esters is 1. The summed E-state index contributed by atoms with van der Waals surface area (Å²) >= 11 is 3.13. The number of para-hydroxylation sites is 1. The molecule has 1 aromatic heterocycles. The fraction of sp³-hybridized carbons (Fsp3) is 0.318. The summed E-state index contributed by atoms with van der Waals surface area (Å²) in [7, 11) is 0. The molecule has 5 nitrogen and oxygen atoms in total. The molecule has 0 atom stereocenters. The smallest absolute Gasteiger partial charge is 0.315 e. The Morgan fingerprint density at radius 1 is 1.14 bits per heavy atom. The van der Waals surface area contributed by atoms with Crippen molar-refractivity contribution < 1.29 is 14.3 Å². The van der Waals surface area contributed by atoms with Crippen molar-refractivity contribution in [3.8, 4) is 0 Å². The predicted octanol–water partition coefficient (Wildman–Crippen LogP) is 4.13. The van der Waals surface area contributed by atoms with Gasteiger partial charge in [-0.2, -0.15) is 0 Å². The standard InChI is InChI=1S/C22H24N2O3S2/c1-16-6-8-17(9-7-16)10-11-20(25)23-12-13-27-22(26)15-28-14-21-24-18-4-2-3-5-19(18)29-21/h2-9H,10-15H2,1H3,(H,23,25). The van der Waals surface area contributed by atoms with Crippen molar-refractivity contribution in [1.82, 2.24) is 10.3 Å². The van der Waals surface area contributed by atoms with Crippen LogP contribution in [0.15, 0.2) is 48.5 Å². The molecular weight excluding hydrogens is 404 g/mol. The molecule has 0 saturated carbocycles. The Kier molecular flexibility index (Phi) is 8.07. The number of benzene rings is 2. The van der Waals surface area contributed by atoms with E-state index >= 15 is 0 Å². The first-order valence-corrected chi connectivity index (χ1v) is 11.5. The van der Waals surface area contributed by atoms with Crippen LogP contribution in [0.5, 0.6) is 0 Å². The first-order chi connectivity index (χ1) is 14.1. The van der Waals surface area contributed by atoms with Crippen LogP contribution >= 0.6 is 23.1 Å². The minimum absolute atomic E-state index is 0.0353. The lowest BCUT2D eigenvalue weighted by Crippen LogP contribution is -2.28. The van der Waals surface area contributed by atoms with Gasteiger partial charge in [0, 0.05) is 12.2 Å². The number of amides is 1. The number of hydrogen-bond acceptors (Lipinski definition) is 6. The summed E-state index contributed by atoms with van der Waals surface area (Å²) in [6.07, 6.45) is 1.13. The molecule has 0 bridgehead atoms. The van der Waals surface area contributed by atoms with Gasteiger partial charge in [-0.15, -0.1) is 23.1 Å². The topological polar surface area (TPSA) is 68.3 Å². The van der Waals surface area contributed by atoms with E-state index in [0.717, 1.165) is 20.8 Å². The van der Waals surface area contributed by atoms with E-state index in [1.165, 1.54) is 17.3 Å². The van der Waals surface area contributed by atoms with Gasteiger partial charge in [-0.05, 0) is 31.0 Å². The number of nitrogens with zero attached hydrogens (tertiary/aromatic N) is 1. The lowest BCUT2D eigenvalue weighted by Gasteiger charge is -2.07. The lowest BCUT2D eigenvalue weighted by molar-refractivity contribution is -0.140. The van der Waals surface area contributed by atoms with Crippen LogP contribution < -0.4 is 5.32 Å². The lowest BCUT2D eigenvalue weighted by atomic mass is 10.1. The highest BCUT2D eigenvalue weighted by Crippen LogP contribution is 2.24. The van der Waals surface area contributed by atoms with Crippen LogP contribution in [0.2, 0.25) is 0 Å². The molecule has 0 saturated heterocycles. The maximum atomic E-state index is 11.9. The van der Waals surface area contributed by atoms with Crippen LogP contribution in [-0.4, -0.2) is 35.8 Å². The molecule has 1 N–H and O–H groups in total. The molecule has 0 aliphatic carbocycles. The van der Waals surface area contributed by atoms with Gasteiger partial charge in [0.15, 0.2) is 0 Å². The molecule has 0 aliphatic heterocycles. The molecule has 0 radical (unpaired) electrons. The normalized spacial score (nSPS) is 10.8. The Bertz CT molecular complexity index is 921. The molecule has 0 spiro atoms. The van der Waals surface area contributed by atoms with Gasteiger partial charge >= 0.3 is 5.97 Å². The third-order valence-corrected chi connectivity index (χ3v) is 6.37. The SMILES string of the molecule is Cc1ccc(CCC(=O)NCCOC(=O)CSCc2nc3ccccc3s2)cc1. The van der Waals surface area contributed by atoms with E-state index < -0.39 is 0 Å². The second-order valence-corrected chi connectivity index (χ2v) is 8.72. The van der Waals surface area contributed by atoms with Crippen molar-refractivity contribution in [2.24, 2.45) is 0 Å². The largest absolute Gasteiger partial charge is 0.463 e. The molecular formula is C22H24N2O3S2. The van der Waals surface area contributed by atoms with Crippen LogP contribution in [0.4, 0.5) is 0 Å². The van der Waals surface area contributed by atoms with Gasteiger partial charge in [-0.1, -0.05) is 42.0 Å². The zero-order chi connectivity index (χ0) is 20.5. The highest BCUT2D eigenvalue weighted by atomic mass is 32.2. The number of rotatable bonds is 10. The molecule has 3 rings (SSSR count). The number of thioether (sulfide) groups is 1. The Morgan fingerprint density at radius 2 is 1.93 bits per heavy atom. The van der Waals surface area contributed by atoms with Crippen molar-refractivity contribution in [3.05, 3.63) is 64.7 Å². The number of nitrogens with one attached hydrogen (secondary N) is 1. The molecule has 0 unspecified atom stereocenters. The van der Waals surface area contributed by atoms with Gasteiger partial charge in [-0.25, -0.2) is 4.98 Å². The third-order valence-electron chi connectivity index (χ3n) is 4.23. The van der Waals surface area contributed by atoms with E-state index in [4.69, 9.17) is 4.74 Å². The van der Waals surface area contributed by atoms with Crippen LogP contribution in [0.1, 0.15) is 22.6 Å². The molecule has 1 amide bonds. The number of aryl methyl sites for hydroxylation is 2. The number of carbonyl (C=O) groups excluding carboxylic acids is 2. The van der Waals surface area contributed by atoms with E-state index in [1.807, 2.05) is 55.5 Å². The van der Waals surface area contributed by atoms with E-state index in [1.54, 1.807) is 11.3 Å². The van der Waals surface area contributed by atoms with Crippen LogP contribution in [0.25, 0.3) is 10.2 Å². The summed E-state index contributed by atoms with van der Waals surface area (Å²) < 4.78 is 6.33. The highest BCUT2D eigenvalue weighted by Gasteiger charge is 2.07. The zero-order valence-corrected chi connectivity index (χ0v) is 18.0. The molecule has 29 heavy (non-hydrogen) atoms. The van der Waals surface area contributed by atoms with Crippen molar-refractivity contribution in [2.45, 2.75) is 25.5 Å². The minimum atomic E-state index is -0.273. The number of ether oxygens (including phenoxy) is 1. The molecule has 0 aliphatic rings. The first kappa shape index (κ1) is 21.3. The van der Waals surface area contributed by atoms with E-state index in [9.17, 15) is 9.59 Å². The number of aromatic nitrogens is 1. The fourth-order valence-corrected chi connectivity index (χ4v) is 4.54. The zero-order valence-electron chi connectivity index (χ0n) is 16.3. The summed E-state index contributed by atoms with van der Waals surface area (Å²) in [5.74, 6) is 0.651. The Morgan fingerprint density at radius 3 is 2.72 bits per heavy atom. The molecule has 3 aromatic rings. The second-order valence-electron chi connectivity index (χ2n) is 6.62. The maximum absolute atomic E-state index is 11.9.